The molecule has 2 rings (SSSR count). The highest BCUT2D eigenvalue weighted by Gasteiger charge is 2.31. The van der Waals surface area contributed by atoms with Crippen molar-refractivity contribution < 1.29 is 19.1 Å². The summed E-state index contributed by atoms with van der Waals surface area (Å²) in [6.45, 7) is 14.1. The zero-order valence-corrected chi connectivity index (χ0v) is 16.9. The first-order chi connectivity index (χ1) is 12.1. The fraction of sp³-hybridized carbons (Fsp3) is 0.895. The van der Waals surface area contributed by atoms with Crippen LogP contribution in [0, 0.1) is 5.92 Å². The molecular formula is C19H35N3O4. The summed E-state index contributed by atoms with van der Waals surface area (Å²) in [5.74, 6) is -0.119. The van der Waals surface area contributed by atoms with Crippen LogP contribution in [0.4, 0.5) is 4.79 Å². The number of nitrogens with one attached hydrogen (secondary N) is 1. The number of likely N-dealkylation sites (tertiary alicyclic amines) is 1. The van der Waals surface area contributed by atoms with Gasteiger partial charge in [-0.05, 0) is 47.5 Å². The maximum atomic E-state index is 12.5. The third kappa shape index (κ3) is 6.76. The molecule has 2 aliphatic heterocycles. The van der Waals surface area contributed by atoms with Gasteiger partial charge in [-0.15, -0.1) is 0 Å². The Morgan fingerprint density at radius 3 is 2.42 bits per heavy atom. The standard InChI is InChI=1S/C19H35N3O4/c1-14-11-21(12-15(2)25-14)10-8-20-17(23)16-7-6-9-22(13-16)18(24)26-19(3,4)5/h14-16H,6-13H2,1-5H3,(H,20,23). The van der Waals surface area contributed by atoms with Gasteiger partial charge in [0.2, 0.25) is 5.91 Å². The number of carbonyl (C=O) groups is 2. The number of ether oxygens (including phenoxy) is 2. The van der Waals surface area contributed by atoms with Gasteiger partial charge in [0.25, 0.3) is 0 Å². The van der Waals surface area contributed by atoms with Crippen molar-refractivity contribution in [3.8, 4) is 0 Å². The molecule has 2 amide bonds. The average molecular weight is 370 g/mol. The minimum Gasteiger partial charge on any atom is -0.444 e. The average Bonchev–Trinajstić information content (AvgIpc) is 2.52. The smallest absolute Gasteiger partial charge is 0.410 e. The van der Waals surface area contributed by atoms with Crippen molar-refractivity contribution in [2.75, 3.05) is 39.3 Å². The SMILES string of the molecule is CC1CN(CCNC(=O)C2CCCN(C(=O)OC(C)(C)C)C2)CC(C)O1. The van der Waals surface area contributed by atoms with Crippen LogP contribution in [0.15, 0.2) is 0 Å². The van der Waals surface area contributed by atoms with Crippen LogP contribution in [0.2, 0.25) is 0 Å². The molecule has 0 saturated carbocycles. The Balaban J connectivity index is 1.74. The van der Waals surface area contributed by atoms with Crippen molar-refractivity contribution in [1.82, 2.24) is 15.1 Å². The van der Waals surface area contributed by atoms with Gasteiger partial charge in [0.1, 0.15) is 5.60 Å². The summed E-state index contributed by atoms with van der Waals surface area (Å²) in [4.78, 5) is 28.7. The van der Waals surface area contributed by atoms with Crippen LogP contribution in [0.25, 0.3) is 0 Å². The van der Waals surface area contributed by atoms with Crippen molar-refractivity contribution in [2.24, 2.45) is 5.92 Å². The second kappa shape index (κ2) is 9.04. The number of hydrogen-bond acceptors (Lipinski definition) is 5. The summed E-state index contributed by atoms with van der Waals surface area (Å²) in [5, 5.41) is 3.04. The van der Waals surface area contributed by atoms with Crippen molar-refractivity contribution >= 4 is 12.0 Å². The third-order valence-corrected chi connectivity index (χ3v) is 4.67. The molecule has 0 bridgehead atoms. The van der Waals surface area contributed by atoms with E-state index in [1.807, 2.05) is 20.8 Å². The molecule has 0 aromatic carbocycles. The van der Waals surface area contributed by atoms with E-state index in [2.05, 4.69) is 24.1 Å². The normalized spacial score (nSPS) is 27.9. The Labute approximate surface area is 157 Å². The Morgan fingerprint density at radius 2 is 1.81 bits per heavy atom. The number of amides is 2. The molecule has 2 heterocycles. The first-order valence-corrected chi connectivity index (χ1v) is 9.77. The summed E-state index contributed by atoms with van der Waals surface area (Å²) >= 11 is 0. The van der Waals surface area contributed by atoms with Crippen molar-refractivity contribution in [3.05, 3.63) is 0 Å². The lowest BCUT2D eigenvalue weighted by Gasteiger charge is -2.35. The number of nitrogens with zero attached hydrogens (tertiary/aromatic N) is 2. The first-order valence-electron chi connectivity index (χ1n) is 9.77. The van der Waals surface area contributed by atoms with Gasteiger partial charge in [-0.3, -0.25) is 9.69 Å². The number of morpholine rings is 1. The minimum atomic E-state index is -0.515. The Morgan fingerprint density at radius 1 is 1.15 bits per heavy atom. The molecule has 7 heteroatoms. The van der Waals surface area contributed by atoms with Crippen LogP contribution < -0.4 is 5.32 Å². The highest BCUT2D eigenvalue weighted by molar-refractivity contribution is 5.80. The van der Waals surface area contributed by atoms with Gasteiger partial charge in [-0.25, -0.2) is 4.79 Å². The molecule has 150 valence electrons. The van der Waals surface area contributed by atoms with Crippen LogP contribution in [0.1, 0.15) is 47.5 Å². The molecule has 0 aliphatic carbocycles. The largest absolute Gasteiger partial charge is 0.444 e. The summed E-state index contributed by atoms with van der Waals surface area (Å²) < 4.78 is 11.2. The monoisotopic (exact) mass is 369 g/mol. The molecule has 1 N–H and O–H groups in total. The maximum Gasteiger partial charge on any atom is 0.410 e. The van der Waals surface area contributed by atoms with Crippen LogP contribution in [0.3, 0.4) is 0 Å². The molecule has 0 aromatic heterocycles. The van der Waals surface area contributed by atoms with Crippen molar-refractivity contribution in [1.29, 1.82) is 0 Å². The van der Waals surface area contributed by atoms with E-state index < -0.39 is 5.60 Å². The van der Waals surface area contributed by atoms with E-state index in [0.29, 0.717) is 19.6 Å². The second-order valence-corrected chi connectivity index (χ2v) is 8.57. The Hall–Kier alpha value is -1.34. The van der Waals surface area contributed by atoms with Gasteiger partial charge in [0.15, 0.2) is 0 Å². The van der Waals surface area contributed by atoms with Gasteiger partial charge in [-0.1, -0.05) is 0 Å². The third-order valence-electron chi connectivity index (χ3n) is 4.67. The molecule has 26 heavy (non-hydrogen) atoms. The Bertz CT molecular complexity index is 482. The molecule has 2 saturated heterocycles. The molecule has 7 nitrogen and oxygen atoms in total. The topological polar surface area (TPSA) is 71.1 Å². The molecule has 3 atom stereocenters. The quantitative estimate of drug-likeness (QED) is 0.819. The molecule has 3 unspecified atom stereocenters. The van der Waals surface area contributed by atoms with E-state index in [-0.39, 0.29) is 30.1 Å². The zero-order valence-electron chi connectivity index (χ0n) is 16.9. The van der Waals surface area contributed by atoms with Crippen molar-refractivity contribution in [3.63, 3.8) is 0 Å². The molecular weight excluding hydrogens is 334 g/mol. The highest BCUT2D eigenvalue weighted by atomic mass is 16.6. The lowest BCUT2D eigenvalue weighted by molar-refractivity contribution is -0.126. The molecule has 2 fully saturated rings. The summed E-state index contributed by atoms with van der Waals surface area (Å²) in [5.41, 5.74) is -0.515. The molecule has 2 aliphatic rings. The van der Waals surface area contributed by atoms with Crippen LogP contribution >= 0.6 is 0 Å². The van der Waals surface area contributed by atoms with Gasteiger partial charge < -0.3 is 19.7 Å². The number of piperidine rings is 1. The number of hydrogen-bond donors (Lipinski definition) is 1. The van der Waals surface area contributed by atoms with Crippen LogP contribution in [-0.4, -0.2) is 78.9 Å². The van der Waals surface area contributed by atoms with E-state index in [1.165, 1.54) is 0 Å². The second-order valence-electron chi connectivity index (χ2n) is 8.57. The molecule has 0 spiro atoms. The van der Waals surface area contributed by atoms with Crippen LogP contribution in [0.5, 0.6) is 0 Å². The number of rotatable bonds is 4. The highest BCUT2D eigenvalue weighted by Crippen LogP contribution is 2.19. The zero-order chi connectivity index (χ0) is 19.3. The first kappa shape index (κ1) is 21.0. The maximum absolute atomic E-state index is 12.5. The Kier molecular flexibility index (Phi) is 7.29. The van der Waals surface area contributed by atoms with Gasteiger partial charge >= 0.3 is 6.09 Å². The summed E-state index contributed by atoms with van der Waals surface area (Å²) in [6.07, 6.45) is 1.78. The number of carbonyl (C=O) groups excluding carboxylic acids is 2. The predicted molar refractivity (Wildman–Crippen MR) is 100.0 cm³/mol. The van der Waals surface area contributed by atoms with E-state index in [9.17, 15) is 9.59 Å². The van der Waals surface area contributed by atoms with Crippen LogP contribution in [-0.2, 0) is 14.3 Å². The van der Waals surface area contributed by atoms with E-state index in [4.69, 9.17) is 9.47 Å². The fourth-order valence-corrected chi connectivity index (χ4v) is 3.63. The van der Waals surface area contributed by atoms with Gasteiger partial charge in [0.05, 0.1) is 18.1 Å². The van der Waals surface area contributed by atoms with E-state index in [0.717, 1.165) is 32.5 Å². The van der Waals surface area contributed by atoms with E-state index in [1.54, 1.807) is 4.90 Å². The van der Waals surface area contributed by atoms with Gasteiger partial charge in [0, 0.05) is 39.3 Å². The van der Waals surface area contributed by atoms with Gasteiger partial charge in [-0.2, -0.15) is 0 Å². The predicted octanol–water partition coefficient (Wildman–Crippen LogP) is 1.86. The summed E-state index contributed by atoms with van der Waals surface area (Å²) in [6, 6.07) is 0. The summed E-state index contributed by atoms with van der Waals surface area (Å²) in [7, 11) is 0. The lowest BCUT2D eigenvalue weighted by atomic mass is 9.97. The lowest BCUT2D eigenvalue weighted by Crippen LogP contribution is -2.50. The molecule has 0 radical (unpaired) electrons. The minimum absolute atomic E-state index is 0.0348. The van der Waals surface area contributed by atoms with E-state index >= 15 is 0 Å². The fourth-order valence-electron chi connectivity index (χ4n) is 3.63. The molecule has 0 aromatic rings. The van der Waals surface area contributed by atoms with Crippen molar-refractivity contribution in [2.45, 2.75) is 65.3 Å².